The highest BCUT2D eigenvalue weighted by molar-refractivity contribution is 7.81. The van der Waals surface area contributed by atoms with Crippen LogP contribution in [0.4, 0.5) is 0 Å². The van der Waals surface area contributed by atoms with Crippen LogP contribution in [0.25, 0.3) is 0 Å². The average Bonchev–Trinajstić information content (AvgIpc) is 2.25. The summed E-state index contributed by atoms with van der Waals surface area (Å²) in [5, 5.41) is 0. The van der Waals surface area contributed by atoms with Gasteiger partial charge in [-0.05, 0) is 56.3 Å². The van der Waals surface area contributed by atoms with Gasteiger partial charge in [0.1, 0.15) is 0 Å². The van der Waals surface area contributed by atoms with E-state index in [2.05, 4.69) is 47.6 Å². The van der Waals surface area contributed by atoms with Gasteiger partial charge in [-0.3, -0.25) is 0 Å². The van der Waals surface area contributed by atoms with Crippen molar-refractivity contribution >= 4 is 12.6 Å². The van der Waals surface area contributed by atoms with E-state index in [0.29, 0.717) is 11.8 Å². The predicted molar refractivity (Wildman–Crippen MR) is 86.3 cm³/mol. The molecule has 0 nitrogen and oxygen atoms in total. The van der Waals surface area contributed by atoms with E-state index in [-0.39, 0.29) is 4.75 Å². The van der Waals surface area contributed by atoms with Crippen molar-refractivity contribution in [1.82, 2.24) is 0 Å². The van der Waals surface area contributed by atoms with Gasteiger partial charge in [0.15, 0.2) is 0 Å². The molecule has 0 saturated heterocycles. The molecule has 5 unspecified atom stereocenters. The molecule has 0 bridgehead atoms. The Labute approximate surface area is 120 Å². The van der Waals surface area contributed by atoms with Crippen molar-refractivity contribution < 1.29 is 0 Å². The minimum atomic E-state index is 0.181. The van der Waals surface area contributed by atoms with E-state index in [1.807, 2.05) is 0 Å². The van der Waals surface area contributed by atoms with Crippen LogP contribution < -0.4 is 0 Å². The molecule has 0 aliphatic heterocycles. The first-order valence-electron chi connectivity index (χ1n) is 7.62. The Morgan fingerprint density at radius 3 is 2.44 bits per heavy atom. The lowest BCUT2D eigenvalue weighted by Gasteiger charge is -2.32. The van der Waals surface area contributed by atoms with E-state index in [1.54, 1.807) is 5.57 Å². The van der Waals surface area contributed by atoms with Crippen LogP contribution in [0.15, 0.2) is 11.6 Å². The Bertz CT molecular complexity index is 290. The zero-order chi connectivity index (χ0) is 13.9. The molecule has 1 aliphatic carbocycles. The first-order valence-corrected chi connectivity index (χ1v) is 8.06. The van der Waals surface area contributed by atoms with Gasteiger partial charge in [-0.15, -0.1) is 0 Å². The molecule has 0 fully saturated rings. The van der Waals surface area contributed by atoms with Crippen LogP contribution in [-0.2, 0) is 0 Å². The maximum Gasteiger partial charge on any atom is 0.0130 e. The zero-order valence-electron chi connectivity index (χ0n) is 13.2. The average molecular weight is 269 g/mol. The summed E-state index contributed by atoms with van der Waals surface area (Å²) in [5.41, 5.74) is 1.55. The van der Waals surface area contributed by atoms with E-state index in [9.17, 15) is 0 Å². The van der Waals surface area contributed by atoms with Crippen molar-refractivity contribution in [1.29, 1.82) is 0 Å². The number of allylic oxidation sites excluding steroid dienone is 2. The Hall–Kier alpha value is 0.0900. The molecule has 0 aromatic heterocycles. The molecule has 0 aromatic rings. The summed E-state index contributed by atoms with van der Waals surface area (Å²) in [7, 11) is 0. The van der Waals surface area contributed by atoms with Gasteiger partial charge < -0.3 is 0 Å². The Kier molecular flexibility index (Phi) is 5.83. The van der Waals surface area contributed by atoms with Crippen molar-refractivity contribution in [3.8, 4) is 0 Å². The third-order valence-electron chi connectivity index (χ3n) is 5.05. The topological polar surface area (TPSA) is 0 Å². The van der Waals surface area contributed by atoms with Crippen molar-refractivity contribution in [2.45, 2.75) is 72.0 Å². The SMILES string of the molecule is C/C1=C\C(C)C(C)CC(C)CCC(C)(S)C(C)C1. The molecule has 1 rings (SSSR count). The van der Waals surface area contributed by atoms with E-state index < -0.39 is 0 Å². The molecule has 0 radical (unpaired) electrons. The lowest BCUT2D eigenvalue weighted by atomic mass is 9.83. The van der Waals surface area contributed by atoms with Crippen molar-refractivity contribution in [2.75, 3.05) is 0 Å². The van der Waals surface area contributed by atoms with Crippen LogP contribution in [-0.4, -0.2) is 4.75 Å². The predicted octanol–water partition coefficient (Wildman–Crippen LogP) is 5.74. The highest BCUT2D eigenvalue weighted by atomic mass is 32.1. The second-order valence-electron chi connectivity index (χ2n) is 7.19. The maximum absolute atomic E-state index is 4.95. The lowest BCUT2D eigenvalue weighted by molar-refractivity contribution is 0.316. The molecule has 0 amide bonds. The van der Waals surface area contributed by atoms with E-state index in [1.165, 1.54) is 25.7 Å². The molecule has 5 atom stereocenters. The third kappa shape index (κ3) is 4.64. The van der Waals surface area contributed by atoms with Crippen LogP contribution in [0.3, 0.4) is 0 Å². The third-order valence-corrected chi connectivity index (χ3v) is 5.72. The smallest absolute Gasteiger partial charge is 0.0130 e. The molecule has 0 aromatic carbocycles. The monoisotopic (exact) mass is 268 g/mol. The molecule has 0 spiro atoms. The zero-order valence-corrected chi connectivity index (χ0v) is 14.1. The molecule has 1 aliphatic rings. The highest BCUT2D eigenvalue weighted by Crippen LogP contribution is 2.37. The summed E-state index contributed by atoms with van der Waals surface area (Å²) in [4.78, 5) is 0. The molecule has 0 N–H and O–H groups in total. The summed E-state index contributed by atoms with van der Waals surface area (Å²) < 4.78 is 0.181. The van der Waals surface area contributed by atoms with Gasteiger partial charge in [-0.2, -0.15) is 12.6 Å². The van der Waals surface area contributed by atoms with Crippen LogP contribution >= 0.6 is 12.6 Å². The van der Waals surface area contributed by atoms with Gasteiger partial charge in [0.2, 0.25) is 0 Å². The van der Waals surface area contributed by atoms with Crippen LogP contribution in [0.1, 0.15) is 67.2 Å². The van der Waals surface area contributed by atoms with Crippen molar-refractivity contribution in [3.63, 3.8) is 0 Å². The fourth-order valence-corrected chi connectivity index (χ4v) is 3.36. The standard InChI is InChI=1S/C17H32S/c1-12-7-8-17(6,18)16(5)11-13(2)10-15(4)14(3)9-12/h10,12,14-16,18H,7-9,11H2,1-6H3/b13-10+. The van der Waals surface area contributed by atoms with Gasteiger partial charge in [0, 0.05) is 4.75 Å². The highest BCUT2D eigenvalue weighted by Gasteiger charge is 2.28. The van der Waals surface area contributed by atoms with Gasteiger partial charge in [-0.25, -0.2) is 0 Å². The Morgan fingerprint density at radius 1 is 1.22 bits per heavy atom. The van der Waals surface area contributed by atoms with Crippen molar-refractivity contribution in [3.05, 3.63) is 11.6 Å². The fourth-order valence-electron chi connectivity index (χ4n) is 3.14. The summed E-state index contributed by atoms with van der Waals surface area (Å²) in [6.07, 6.45) is 7.62. The van der Waals surface area contributed by atoms with Crippen LogP contribution in [0.5, 0.6) is 0 Å². The summed E-state index contributed by atoms with van der Waals surface area (Å²) in [6, 6.07) is 0. The van der Waals surface area contributed by atoms with Crippen LogP contribution in [0, 0.1) is 23.7 Å². The minimum absolute atomic E-state index is 0.181. The first kappa shape index (κ1) is 16.1. The summed E-state index contributed by atoms with van der Waals surface area (Å²) >= 11 is 4.95. The molecule has 0 heterocycles. The van der Waals surface area contributed by atoms with Gasteiger partial charge in [0.25, 0.3) is 0 Å². The Balaban J connectivity index is 2.88. The van der Waals surface area contributed by atoms with Crippen LogP contribution in [0.2, 0.25) is 0 Å². The molecular weight excluding hydrogens is 236 g/mol. The fraction of sp³-hybridized carbons (Fsp3) is 0.882. The summed E-state index contributed by atoms with van der Waals surface area (Å²) in [5.74, 6) is 3.00. The summed E-state index contributed by atoms with van der Waals surface area (Å²) in [6.45, 7) is 14.2. The number of rotatable bonds is 0. The van der Waals surface area contributed by atoms with Crippen molar-refractivity contribution in [2.24, 2.45) is 23.7 Å². The maximum atomic E-state index is 4.95. The Morgan fingerprint density at radius 2 is 1.83 bits per heavy atom. The minimum Gasteiger partial charge on any atom is -0.173 e. The van der Waals surface area contributed by atoms with E-state index >= 15 is 0 Å². The largest absolute Gasteiger partial charge is 0.173 e. The molecule has 106 valence electrons. The number of hydrogen-bond donors (Lipinski definition) is 1. The molecular formula is C17H32S. The lowest BCUT2D eigenvalue weighted by Crippen LogP contribution is -2.27. The number of hydrogen-bond acceptors (Lipinski definition) is 1. The molecule has 1 heteroatoms. The molecule has 18 heavy (non-hydrogen) atoms. The second-order valence-corrected chi connectivity index (χ2v) is 8.21. The van der Waals surface area contributed by atoms with Gasteiger partial charge in [-0.1, -0.05) is 46.3 Å². The van der Waals surface area contributed by atoms with E-state index in [0.717, 1.165) is 11.8 Å². The normalized spacial score (nSPS) is 46.9. The second kappa shape index (κ2) is 6.50. The van der Waals surface area contributed by atoms with Gasteiger partial charge in [0.05, 0.1) is 0 Å². The van der Waals surface area contributed by atoms with Gasteiger partial charge >= 0.3 is 0 Å². The quantitative estimate of drug-likeness (QED) is 0.420. The molecule has 0 saturated carbocycles. The van der Waals surface area contributed by atoms with E-state index in [4.69, 9.17) is 12.6 Å². The number of thiol groups is 1. The first-order chi connectivity index (χ1) is 8.22.